The molecule has 3 N–H and O–H groups in total. The van der Waals surface area contributed by atoms with E-state index in [4.69, 9.17) is 14.2 Å². The zero-order chi connectivity index (χ0) is 31.8. The van der Waals surface area contributed by atoms with Crippen molar-refractivity contribution < 1.29 is 41.8 Å². The molecule has 2 aliphatic carbocycles. The Balaban J connectivity index is 1.25. The summed E-state index contributed by atoms with van der Waals surface area (Å²) < 4.78 is 44.6. The van der Waals surface area contributed by atoms with Crippen LogP contribution in [0.25, 0.3) is 10.8 Å². The monoisotopic (exact) mass is 643 g/mol. The third kappa shape index (κ3) is 6.63. The molecule has 2 aliphatic heterocycles. The fraction of sp³-hybridized carbons (Fsp3) is 0.567. The van der Waals surface area contributed by atoms with Crippen LogP contribution in [0.15, 0.2) is 30.5 Å². The predicted molar refractivity (Wildman–Crippen MR) is 160 cm³/mol. The second kappa shape index (κ2) is 12.3. The molecule has 1 aromatic heterocycles. The molecular formula is C30H37N5O9S. The summed E-state index contributed by atoms with van der Waals surface area (Å²) in [6.07, 6.45) is 3.25. The molecule has 6 rings (SSSR count). The Morgan fingerprint density at radius 3 is 2.64 bits per heavy atom. The molecule has 15 heteroatoms. The number of hydrogen-bond acceptors (Lipinski definition) is 10. The minimum atomic E-state index is -3.83. The second-order valence-corrected chi connectivity index (χ2v) is 14.0. The first-order valence-electron chi connectivity index (χ1n) is 15.4. The number of fused-ring (bicyclic) bond motifs is 3. The molecule has 1 aromatic carbocycles. The van der Waals surface area contributed by atoms with Gasteiger partial charge >= 0.3 is 6.09 Å². The first kappa shape index (κ1) is 30.9. The number of hydrogen-bond donors (Lipinski definition) is 3. The van der Waals surface area contributed by atoms with Crippen LogP contribution in [0, 0.1) is 5.92 Å². The van der Waals surface area contributed by atoms with Gasteiger partial charge in [-0.3, -0.25) is 19.1 Å². The molecule has 2 unspecified atom stereocenters. The summed E-state index contributed by atoms with van der Waals surface area (Å²) in [6.45, 7) is 1.99. The zero-order valence-corrected chi connectivity index (χ0v) is 25.8. The van der Waals surface area contributed by atoms with Gasteiger partial charge in [0, 0.05) is 18.0 Å². The molecule has 1 saturated heterocycles. The predicted octanol–water partition coefficient (Wildman–Crippen LogP) is 1.38. The number of sulfonamides is 1. The molecule has 3 heterocycles. The van der Waals surface area contributed by atoms with Crippen molar-refractivity contribution in [2.24, 2.45) is 5.92 Å². The fourth-order valence-electron chi connectivity index (χ4n) is 6.02. The highest BCUT2D eigenvalue weighted by Crippen LogP contribution is 2.47. The van der Waals surface area contributed by atoms with Gasteiger partial charge in [-0.1, -0.05) is 19.4 Å². The van der Waals surface area contributed by atoms with Gasteiger partial charge in [0.1, 0.15) is 30.0 Å². The van der Waals surface area contributed by atoms with Gasteiger partial charge in [-0.05, 0) is 61.6 Å². The summed E-state index contributed by atoms with van der Waals surface area (Å²) in [5.74, 6) is -1.25. The van der Waals surface area contributed by atoms with Crippen molar-refractivity contribution in [3.63, 3.8) is 0 Å². The van der Waals surface area contributed by atoms with E-state index in [2.05, 4.69) is 20.3 Å². The largest absolute Gasteiger partial charge is 0.494 e. The quantitative estimate of drug-likeness (QED) is 0.416. The molecule has 3 fully saturated rings. The summed E-state index contributed by atoms with van der Waals surface area (Å²) in [7, 11) is -3.83. The normalized spacial score (nSPS) is 27.3. The molecule has 2 aromatic rings. The summed E-state index contributed by atoms with van der Waals surface area (Å²) in [4.78, 5) is 58.5. The van der Waals surface area contributed by atoms with Crippen molar-refractivity contribution in [2.75, 3.05) is 26.3 Å². The number of ether oxygens (including phenoxy) is 3. The van der Waals surface area contributed by atoms with Crippen molar-refractivity contribution in [1.29, 1.82) is 0 Å². The molecule has 4 bridgehead atoms. The van der Waals surface area contributed by atoms with E-state index in [0.29, 0.717) is 55.7 Å². The first-order chi connectivity index (χ1) is 21.6. The topological polar surface area (TPSA) is 182 Å². The lowest BCUT2D eigenvalue weighted by molar-refractivity contribution is -0.139. The maximum Gasteiger partial charge on any atom is 0.407 e. The third-order valence-corrected chi connectivity index (χ3v) is 10.7. The number of nitrogens with one attached hydrogen (secondary N) is 3. The van der Waals surface area contributed by atoms with E-state index in [0.717, 1.165) is 5.39 Å². The van der Waals surface area contributed by atoms with E-state index in [1.165, 1.54) is 4.90 Å². The maximum absolute atomic E-state index is 13.8. The lowest BCUT2D eigenvalue weighted by atomic mass is 10.1. The van der Waals surface area contributed by atoms with Crippen LogP contribution in [0.4, 0.5) is 4.79 Å². The minimum absolute atomic E-state index is 0.00830. The highest BCUT2D eigenvalue weighted by Gasteiger charge is 2.62. The number of cyclic esters (lactones) is 1. The summed E-state index contributed by atoms with van der Waals surface area (Å²) in [5.41, 5.74) is -1.40. The second-order valence-electron chi connectivity index (χ2n) is 12.0. The number of amides is 4. The number of carbonyl (C=O) groups is 4. The fourth-order valence-corrected chi connectivity index (χ4v) is 7.39. The summed E-state index contributed by atoms with van der Waals surface area (Å²) >= 11 is 0. The summed E-state index contributed by atoms with van der Waals surface area (Å²) in [6, 6.07) is 6.34. The average molecular weight is 644 g/mol. The number of nitrogens with zero attached hydrogens (tertiary/aromatic N) is 2. The smallest absolute Gasteiger partial charge is 0.407 e. The van der Waals surface area contributed by atoms with E-state index in [-0.39, 0.29) is 31.9 Å². The van der Waals surface area contributed by atoms with Gasteiger partial charge in [0.25, 0.3) is 5.91 Å². The lowest BCUT2D eigenvalue weighted by Gasteiger charge is -2.26. The van der Waals surface area contributed by atoms with E-state index < -0.39 is 63.3 Å². The molecule has 2 saturated carbocycles. The number of aromatic nitrogens is 1. The van der Waals surface area contributed by atoms with E-state index in [1.54, 1.807) is 6.20 Å². The van der Waals surface area contributed by atoms with Gasteiger partial charge in [-0.2, -0.15) is 0 Å². The molecule has 4 aliphatic rings. The van der Waals surface area contributed by atoms with E-state index in [1.807, 2.05) is 31.2 Å². The van der Waals surface area contributed by atoms with Gasteiger partial charge in [-0.15, -0.1) is 0 Å². The van der Waals surface area contributed by atoms with Crippen molar-refractivity contribution in [2.45, 2.75) is 74.8 Å². The maximum atomic E-state index is 13.8. The Morgan fingerprint density at radius 1 is 1.13 bits per heavy atom. The van der Waals surface area contributed by atoms with Gasteiger partial charge in [0.05, 0.1) is 25.0 Å². The molecule has 4 atom stereocenters. The molecule has 0 radical (unpaired) electrons. The number of pyridine rings is 1. The first-order valence-corrected chi connectivity index (χ1v) is 16.9. The standard InChI is InChI=1S/C30H37N5O9S/c1-2-19-15-30(19,28(38)34-45(40,41)22-7-8-22)33-26(37)24-14-21-17-35(24)25(36)16-32-29(39)43-12-4-3-11-42-20-6-5-18-9-10-31-27(44-21)23(18)13-20/h5-6,9-10,13,19,21-22,24H,2-4,7-8,11-12,14-17H2,1H3,(H,32,39)(H,33,37)(H,34,38)/t19-,21?,24?,30-/m0/s1. The van der Waals surface area contributed by atoms with Crippen LogP contribution in [0.3, 0.4) is 0 Å². The van der Waals surface area contributed by atoms with Crippen molar-refractivity contribution in [3.8, 4) is 11.6 Å². The highest BCUT2D eigenvalue weighted by molar-refractivity contribution is 7.91. The molecule has 242 valence electrons. The van der Waals surface area contributed by atoms with E-state index in [9.17, 15) is 27.6 Å². The Hall–Kier alpha value is -4.14. The van der Waals surface area contributed by atoms with Crippen LogP contribution >= 0.6 is 0 Å². The Morgan fingerprint density at radius 2 is 1.91 bits per heavy atom. The van der Waals surface area contributed by atoms with Crippen LogP contribution in [0.2, 0.25) is 0 Å². The Labute approximate surface area is 260 Å². The molecule has 45 heavy (non-hydrogen) atoms. The number of carbonyl (C=O) groups excluding carboxylic acids is 4. The zero-order valence-electron chi connectivity index (χ0n) is 25.0. The van der Waals surface area contributed by atoms with Crippen LogP contribution in [-0.2, 0) is 29.1 Å². The molecule has 0 spiro atoms. The third-order valence-electron chi connectivity index (χ3n) is 8.84. The van der Waals surface area contributed by atoms with Crippen molar-refractivity contribution in [3.05, 3.63) is 30.5 Å². The Kier molecular flexibility index (Phi) is 8.46. The molecule has 4 amide bonds. The molecule has 14 nitrogen and oxygen atoms in total. The van der Waals surface area contributed by atoms with Gasteiger partial charge in [-0.25, -0.2) is 18.2 Å². The van der Waals surface area contributed by atoms with Gasteiger partial charge in [0.15, 0.2) is 0 Å². The number of benzene rings is 1. The average Bonchev–Trinajstić information content (AvgIpc) is 3.94. The SMILES string of the molecule is CC[C@H]1C[C@@]1(NC(=O)C1CC2CN1C(=O)CNC(=O)OCCCCOc1ccc3ccnc(c3c1)O2)C(=O)NS(=O)(=O)C1CC1. The van der Waals surface area contributed by atoms with Crippen molar-refractivity contribution in [1.82, 2.24) is 25.2 Å². The van der Waals surface area contributed by atoms with Crippen LogP contribution in [-0.4, -0.2) is 91.4 Å². The van der Waals surface area contributed by atoms with Gasteiger partial charge in [0.2, 0.25) is 27.7 Å². The summed E-state index contributed by atoms with van der Waals surface area (Å²) in [5, 5.41) is 6.20. The highest BCUT2D eigenvalue weighted by atomic mass is 32.2. The van der Waals surface area contributed by atoms with Crippen LogP contribution in [0.5, 0.6) is 11.6 Å². The minimum Gasteiger partial charge on any atom is -0.494 e. The van der Waals surface area contributed by atoms with E-state index >= 15 is 0 Å². The number of rotatable bonds is 6. The number of alkyl carbamates (subject to hydrolysis) is 1. The van der Waals surface area contributed by atoms with Crippen LogP contribution < -0.4 is 24.8 Å². The Bertz CT molecular complexity index is 1610. The van der Waals surface area contributed by atoms with Crippen LogP contribution in [0.1, 0.15) is 51.9 Å². The lowest BCUT2D eigenvalue weighted by Crippen LogP contribution is -2.57. The van der Waals surface area contributed by atoms with Gasteiger partial charge < -0.3 is 29.7 Å². The molecular weight excluding hydrogens is 606 g/mol. The van der Waals surface area contributed by atoms with Crippen molar-refractivity contribution >= 4 is 44.6 Å².